The molecule has 0 saturated carbocycles. The van der Waals surface area contributed by atoms with E-state index in [1.165, 1.54) is 0 Å². The molecule has 0 amide bonds. The molecule has 0 radical (unpaired) electrons. The van der Waals surface area contributed by atoms with Crippen LogP contribution in [-0.4, -0.2) is 61.1 Å². The number of hydrogen-bond acceptors (Lipinski definition) is 7. The van der Waals surface area contributed by atoms with Crippen molar-refractivity contribution < 1.29 is 31.2 Å². The van der Waals surface area contributed by atoms with Gasteiger partial charge in [0.15, 0.2) is 0 Å². The third kappa shape index (κ3) is 4.78. The van der Waals surface area contributed by atoms with E-state index in [9.17, 15) is 8.42 Å². The summed E-state index contributed by atoms with van der Waals surface area (Å²) >= 11 is 0. The van der Waals surface area contributed by atoms with Gasteiger partial charge < -0.3 is 22.8 Å². The van der Waals surface area contributed by atoms with Crippen LogP contribution in [0.2, 0.25) is 5.54 Å². The Balaban J connectivity index is 2.91. The second-order valence-electron chi connectivity index (χ2n) is 5.65. The summed E-state index contributed by atoms with van der Waals surface area (Å²) in [5.74, 6) is 0.0896. The van der Waals surface area contributed by atoms with Crippen molar-refractivity contribution in [3.63, 3.8) is 0 Å². The van der Waals surface area contributed by atoms with E-state index >= 15 is 0 Å². The Kier molecular flexibility index (Phi) is 8.81. The highest BCUT2D eigenvalue weighted by Crippen LogP contribution is 2.37. The monoisotopic (exact) mass is 384 g/mol. The van der Waals surface area contributed by atoms with Crippen molar-refractivity contribution >= 4 is 18.6 Å². The molecule has 24 heavy (non-hydrogen) atoms. The van der Waals surface area contributed by atoms with Gasteiger partial charge in [0.2, 0.25) is 9.84 Å². The molecule has 144 valence electrons. The summed E-state index contributed by atoms with van der Waals surface area (Å²) < 4.78 is 53.7. The maximum Gasteiger partial charge on any atom is 0.506 e. The Morgan fingerprint density at radius 3 is 1.88 bits per heavy atom. The highest BCUT2D eigenvalue weighted by atomic mass is 32.2. The van der Waals surface area contributed by atoms with Gasteiger partial charge in [-0.3, -0.25) is 0 Å². The molecule has 0 aliphatic carbocycles. The molecule has 1 fully saturated rings. The Bertz CT molecular complexity index is 453. The fraction of sp³-hybridized carbons (Fsp3) is 1.00. The third-order valence-electron chi connectivity index (χ3n) is 3.93. The Morgan fingerprint density at radius 2 is 1.50 bits per heavy atom. The summed E-state index contributed by atoms with van der Waals surface area (Å²) in [4.78, 5) is 0. The molecule has 9 heteroatoms. The van der Waals surface area contributed by atoms with E-state index in [1.807, 2.05) is 27.7 Å². The van der Waals surface area contributed by atoms with Crippen LogP contribution < -0.4 is 0 Å². The quantitative estimate of drug-likeness (QED) is 0.377. The minimum absolute atomic E-state index is 0.0896. The molecule has 1 rings (SSSR count). The average Bonchev–Trinajstić information content (AvgIpc) is 2.81. The molecule has 2 unspecified atom stereocenters. The molecular weight excluding hydrogens is 352 g/mol. The van der Waals surface area contributed by atoms with Crippen molar-refractivity contribution in [2.75, 3.05) is 38.8 Å². The van der Waals surface area contributed by atoms with E-state index in [1.54, 1.807) is 6.92 Å². The Labute approximate surface area is 147 Å². The van der Waals surface area contributed by atoms with Gasteiger partial charge in [0.1, 0.15) is 0 Å². The summed E-state index contributed by atoms with van der Waals surface area (Å²) in [7, 11) is -6.39. The molecule has 1 heterocycles. The normalized spacial score (nSPS) is 25.0. The van der Waals surface area contributed by atoms with Crippen molar-refractivity contribution in [1.82, 2.24) is 0 Å². The number of ether oxygens (including phenoxy) is 2. The van der Waals surface area contributed by atoms with Crippen LogP contribution in [0, 0.1) is 0 Å². The Hall–Kier alpha value is -0.0331. The van der Waals surface area contributed by atoms with Crippen LogP contribution in [0.5, 0.6) is 0 Å². The molecule has 0 bridgehead atoms. The van der Waals surface area contributed by atoms with Crippen molar-refractivity contribution in [3.05, 3.63) is 0 Å². The summed E-state index contributed by atoms with van der Waals surface area (Å²) in [6.07, 6.45) is 0.893. The van der Waals surface area contributed by atoms with Crippen LogP contribution in [0.25, 0.3) is 0 Å². The van der Waals surface area contributed by atoms with Crippen molar-refractivity contribution in [2.45, 2.75) is 58.1 Å². The maximum absolute atomic E-state index is 12.4. The first-order chi connectivity index (χ1) is 11.3. The third-order valence-corrected chi connectivity index (χ3v) is 9.59. The summed E-state index contributed by atoms with van der Waals surface area (Å²) in [6.45, 7) is 11.1. The zero-order valence-electron chi connectivity index (χ0n) is 15.5. The van der Waals surface area contributed by atoms with Crippen LogP contribution in [0.1, 0.15) is 47.5 Å². The Morgan fingerprint density at radius 1 is 0.958 bits per heavy atom. The van der Waals surface area contributed by atoms with Crippen LogP contribution in [-0.2, 0) is 32.6 Å². The number of sulfone groups is 1. The van der Waals surface area contributed by atoms with Crippen molar-refractivity contribution in [3.8, 4) is 0 Å². The minimum Gasteiger partial charge on any atom is -0.374 e. The molecular formula is C15H32O7SSi. The fourth-order valence-corrected chi connectivity index (χ4v) is 7.32. The van der Waals surface area contributed by atoms with Crippen LogP contribution >= 0.6 is 0 Å². The lowest BCUT2D eigenvalue weighted by atomic mass is 10.3. The van der Waals surface area contributed by atoms with E-state index in [-0.39, 0.29) is 24.5 Å². The topological polar surface area (TPSA) is 80.3 Å². The second-order valence-corrected chi connectivity index (χ2v) is 11.0. The first-order valence-electron chi connectivity index (χ1n) is 8.75. The summed E-state index contributed by atoms with van der Waals surface area (Å²) in [5.41, 5.74) is -0.203. The smallest absolute Gasteiger partial charge is 0.374 e. The number of hydrogen-bond donors (Lipinski definition) is 0. The van der Waals surface area contributed by atoms with Gasteiger partial charge in [-0.05, 0) is 34.1 Å². The van der Waals surface area contributed by atoms with Gasteiger partial charge in [0, 0.05) is 32.8 Å². The van der Waals surface area contributed by atoms with E-state index in [0.717, 1.165) is 0 Å². The second kappa shape index (κ2) is 9.61. The van der Waals surface area contributed by atoms with E-state index in [0.29, 0.717) is 32.7 Å². The van der Waals surface area contributed by atoms with Crippen molar-refractivity contribution in [1.29, 1.82) is 0 Å². The number of rotatable bonds is 12. The summed E-state index contributed by atoms with van der Waals surface area (Å²) in [6, 6.07) is 0. The lowest BCUT2D eigenvalue weighted by molar-refractivity contribution is -0.175. The molecule has 0 N–H and O–H groups in total. The molecule has 0 aromatic heterocycles. The van der Waals surface area contributed by atoms with Crippen LogP contribution in [0.15, 0.2) is 0 Å². The van der Waals surface area contributed by atoms with Crippen molar-refractivity contribution in [2.24, 2.45) is 0 Å². The van der Waals surface area contributed by atoms with Gasteiger partial charge in [-0.1, -0.05) is 6.92 Å². The van der Waals surface area contributed by atoms with E-state index < -0.39 is 23.8 Å². The predicted molar refractivity (Wildman–Crippen MR) is 93.4 cm³/mol. The van der Waals surface area contributed by atoms with Crippen LogP contribution in [0.3, 0.4) is 0 Å². The predicted octanol–water partition coefficient (Wildman–Crippen LogP) is 2.34. The zero-order valence-corrected chi connectivity index (χ0v) is 17.3. The standard InChI is InChI=1S/C15H32O7SSi/c1-6-18-15(11-10-12-23(15,16)17)19-13-14(5)24(20-7-2,21-8-3)22-9-4/h14H,6-13H2,1-5H3. The first-order valence-corrected chi connectivity index (χ1v) is 12.2. The largest absolute Gasteiger partial charge is 0.506 e. The van der Waals surface area contributed by atoms with Gasteiger partial charge in [-0.25, -0.2) is 8.42 Å². The minimum atomic E-state index is -3.44. The highest BCUT2D eigenvalue weighted by Gasteiger charge is 2.53. The lowest BCUT2D eigenvalue weighted by Crippen LogP contribution is -2.52. The molecule has 0 aromatic rings. The lowest BCUT2D eigenvalue weighted by Gasteiger charge is -2.35. The molecule has 2 atom stereocenters. The van der Waals surface area contributed by atoms with Gasteiger partial charge in [0.25, 0.3) is 5.12 Å². The zero-order chi connectivity index (χ0) is 18.3. The molecule has 0 aromatic carbocycles. The van der Waals surface area contributed by atoms with Crippen LogP contribution in [0.4, 0.5) is 0 Å². The van der Waals surface area contributed by atoms with Gasteiger partial charge in [-0.15, -0.1) is 0 Å². The molecule has 0 spiro atoms. The molecule has 7 nitrogen and oxygen atoms in total. The summed E-state index contributed by atoms with van der Waals surface area (Å²) in [5, 5.41) is -1.54. The first kappa shape index (κ1) is 22.0. The van der Waals surface area contributed by atoms with Gasteiger partial charge in [0.05, 0.1) is 17.9 Å². The fourth-order valence-electron chi connectivity index (χ4n) is 2.88. The average molecular weight is 385 g/mol. The van der Waals surface area contributed by atoms with Gasteiger partial charge >= 0.3 is 8.80 Å². The highest BCUT2D eigenvalue weighted by molar-refractivity contribution is 7.92. The molecule has 1 aliphatic heterocycles. The SMILES string of the molecule is CCOC1(OCC(C)[Si](OCC)(OCC)OCC)CCCS1(=O)=O. The van der Waals surface area contributed by atoms with E-state index in [2.05, 4.69) is 0 Å². The maximum atomic E-state index is 12.4. The molecule has 1 aliphatic rings. The van der Waals surface area contributed by atoms with E-state index in [4.69, 9.17) is 22.8 Å². The van der Waals surface area contributed by atoms with Gasteiger partial charge in [-0.2, -0.15) is 0 Å². The molecule has 1 saturated heterocycles.